The van der Waals surface area contributed by atoms with E-state index in [1.807, 2.05) is 0 Å². The summed E-state index contributed by atoms with van der Waals surface area (Å²) in [7, 11) is 0. The van der Waals surface area contributed by atoms with E-state index in [1.54, 1.807) is 19.1 Å². The predicted molar refractivity (Wildman–Crippen MR) is 106 cm³/mol. The van der Waals surface area contributed by atoms with E-state index < -0.39 is 16.1 Å². The van der Waals surface area contributed by atoms with Gasteiger partial charge < -0.3 is 9.84 Å². The summed E-state index contributed by atoms with van der Waals surface area (Å²) in [5.41, 5.74) is 0.0252. The van der Waals surface area contributed by atoms with Crippen molar-refractivity contribution in [3.63, 3.8) is 0 Å². The average Bonchev–Trinajstić information content (AvgIpc) is 2.92. The first-order chi connectivity index (χ1) is 13.3. The zero-order valence-corrected chi connectivity index (χ0v) is 16.0. The van der Waals surface area contributed by atoms with Crippen LogP contribution in [-0.2, 0) is 4.79 Å². The lowest BCUT2D eigenvalue weighted by Crippen LogP contribution is -2.27. The third-order valence-electron chi connectivity index (χ3n) is 3.76. The molecule has 28 heavy (non-hydrogen) atoms. The van der Waals surface area contributed by atoms with E-state index in [4.69, 9.17) is 16.3 Å². The van der Waals surface area contributed by atoms with Crippen molar-refractivity contribution in [3.05, 3.63) is 62.0 Å². The maximum Gasteiger partial charge on any atom is 0.298 e. The summed E-state index contributed by atoms with van der Waals surface area (Å²) in [6.07, 6.45) is 1.23. The quantitative estimate of drug-likeness (QED) is 0.427. The fourth-order valence-corrected chi connectivity index (χ4v) is 3.48. The highest BCUT2D eigenvalue weighted by Crippen LogP contribution is 2.40. The molecule has 1 saturated heterocycles. The van der Waals surface area contributed by atoms with Crippen LogP contribution in [0.5, 0.6) is 11.5 Å². The normalized spacial score (nSPS) is 15.4. The maximum absolute atomic E-state index is 12.7. The van der Waals surface area contributed by atoms with Gasteiger partial charge in [0.25, 0.3) is 16.8 Å². The summed E-state index contributed by atoms with van der Waals surface area (Å²) in [6, 6.07) is 8.35. The summed E-state index contributed by atoms with van der Waals surface area (Å²) in [4.78, 5) is 36.5. The number of halogens is 1. The molecule has 0 aromatic heterocycles. The summed E-state index contributed by atoms with van der Waals surface area (Å²) in [5, 5.41) is 21.4. The molecule has 0 radical (unpaired) electrons. The molecular weight excluding hydrogens is 408 g/mol. The van der Waals surface area contributed by atoms with Crippen molar-refractivity contribution in [1.29, 1.82) is 0 Å². The number of benzene rings is 2. The molecule has 0 saturated carbocycles. The number of nitrogens with zero attached hydrogens (tertiary/aromatic N) is 2. The van der Waals surface area contributed by atoms with Crippen LogP contribution in [0.4, 0.5) is 16.2 Å². The van der Waals surface area contributed by atoms with Gasteiger partial charge in [0.15, 0.2) is 11.5 Å². The zero-order chi connectivity index (χ0) is 20.4. The van der Waals surface area contributed by atoms with Crippen LogP contribution in [0.1, 0.15) is 12.5 Å². The van der Waals surface area contributed by atoms with Gasteiger partial charge in [0, 0.05) is 16.7 Å². The number of thioether (sulfide) groups is 1. The molecule has 0 unspecified atom stereocenters. The third kappa shape index (κ3) is 3.80. The largest absolute Gasteiger partial charge is 0.504 e. The molecule has 10 heteroatoms. The van der Waals surface area contributed by atoms with Gasteiger partial charge in [0.2, 0.25) is 0 Å². The molecule has 144 valence electrons. The van der Waals surface area contributed by atoms with E-state index in [2.05, 4.69) is 0 Å². The lowest BCUT2D eigenvalue weighted by molar-refractivity contribution is -0.385. The Balaban J connectivity index is 2.02. The molecule has 0 atom stereocenters. The van der Waals surface area contributed by atoms with Crippen LogP contribution in [0.2, 0.25) is 5.02 Å². The number of aromatic hydroxyl groups is 1. The number of imide groups is 1. The molecule has 1 N–H and O–H groups in total. The van der Waals surface area contributed by atoms with Crippen LogP contribution in [0, 0.1) is 10.1 Å². The first kappa shape index (κ1) is 19.7. The number of hydrogen-bond donors (Lipinski definition) is 1. The van der Waals surface area contributed by atoms with Gasteiger partial charge in [0.05, 0.1) is 28.2 Å². The summed E-state index contributed by atoms with van der Waals surface area (Å²) < 4.78 is 5.22. The van der Waals surface area contributed by atoms with E-state index in [0.717, 1.165) is 17.0 Å². The van der Waals surface area contributed by atoms with E-state index in [-0.39, 0.29) is 34.3 Å². The topological polar surface area (TPSA) is 110 Å². The molecule has 8 nitrogen and oxygen atoms in total. The average molecular weight is 421 g/mol. The molecule has 0 spiro atoms. The van der Waals surface area contributed by atoms with E-state index >= 15 is 0 Å². The number of carbonyl (C=O) groups is 2. The van der Waals surface area contributed by atoms with Gasteiger partial charge in [-0.3, -0.25) is 19.7 Å². The Morgan fingerprint density at radius 1 is 1.29 bits per heavy atom. The van der Waals surface area contributed by atoms with Crippen molar-refractivity contribution >= 4 is 52.0 Å². The summed E-state index contributed by atoms with van der Waals surface area (Å²) >= 11 is 6.49. The number of nitro groups is 1. The van der Waals surface area contributed by atoms with Crippen molar-refractivity contribution in [3.8, 4) is 11.5 Å². The van der Waals surface area contributed by atoms with Gasteiger partial charge in [-0.15, -0.1) is 0 Å². The second kappa shape index (κ2) is 7.91. The zero-order valence-electron chi connectivity index (χ0n) is 14.4. The standard InChI is InChI=1S/C18H13ClN2O6S/c1-2-27-14-9-13(21(25)26)7-10(16(14)22)8-15-17(23)20(18(24)28-15)12-5-3-11(19)4-6-12/h3-9,22H,2H2,1H3/b15-8+. The van der Waals surface area contributed by atoms with Crippen molar-refractivity contribution in [2.45, 2.75) is 6.92 Å². The monoisotopic (exact) mass is 420 g/mol. The molecule has 2 amide bonds. The predicted octanol–water partition coefficient (Wildman–Crippen LogP) is 4.59. The Bertz CT molecular complexity index is 1010. The molecule has 3 rings (SSSR count). The van der Waals surface area contributed by atoms with Gasteiger partial charge >= 0.3 is 0 Å². The SMILES string of the molecule is CCOc1cc([N+](=O)[O-])cc(/C=C2/SC(=O)N(c3ccc(Cl)cc3)C2=O)c1O. The number of nitro benzene ring substituents is 1. The van der Waals surface area contributed by atoms with Crippen LogP contribution >= 0.6 is 23.4 Å². The highest BCUT2D eigenvalue weighted by molar-refractivity contribution is 8.19. The molecule has 2 aromatic rings. The number of phenols is 1. The van der Waals surface area contributed by atoms with Crippen molar-refractivity contribution in [1.82, 2.24) is 0 Å². The summed E-state index contributed by atoms with van der Waals surface area (Å²) in [6.45, 7) is 1.84. The van der Waals surface area contributed by atoms with Crippen LogP contribution in [0.15, 0.2) is 41.3 Å². The Morgan fingerprint density at radius 3 is 2.57 bits per heavy atom. The van der Waals surface area contributed by atoms with Crippen molar-refractivity contribution in [2.75, 3.05) is 11.5 Å². The first-order valence-electron chi connectivity index (χ1n) is 7.99. The van der Waals surface area contributed by atoms with Gasteiger partial charge in [-0.2, -0.15) is 0 Å². The molecular formula is C18H13ClN2O6S. The van der Waals surface area contributed by atoms with Gasteiger partial charge in [-0.1, -0.05) is 11.6 Å². The van der Waals surface area contributed by atoms with Gasteiger partial charge in [-0.25, -0.2) is 4.90 Å². The number of rotatable bonds is 5. The van der Waals surface area contributed by atoms with Crippen LogP contribution in [0.3, 0.4) is 0 Å². The highest BCUT2D eigenvalue weighted by atomic mass is 35.5. The number of amides is 2. The van der Waals surface area contributed by atoms with E-state index in [9.17, 15) is 24.8 Å². The summed E-state index contributed by atoms with van der Waals surface area (Å²) in [5.74, 6) is -1.05. The Morgan fingerprint density at radius 2 is 1.96 bits per heavy atom. The number of non-ortho nitro benzene ring substituents is 1. The van der Waals surface area contributed by atoms with Crippen molar-refractivity contribution in [2.24, 2.45) is 0 Å². The van der Waals surface area contributed by atoms with Crippen molar-refractivity contribution < 1.29 is 24.4 Å². The van der Waals surface area contributed by atoms with Gasteiger partial charge in [-0.05, 0) is 49.0 Å². The van der Waals surface area contributed by atoms with Crippen LogP contribution < -0.4 is 9.64 Å². The highest BCUT2D eigenvalue weighted by Gasteiger charge is 2.36. The number of ether oxygens (including phenoxy) is 1. The van der Waals surface area contributed by atoms with E-state index in [1.165, 1.54) is 18.2 Å². The van der Waals surface area contributed by atoms with E-state index in [0.29, 0.717) is 22.5 Å². The minimum absolute atomic E-state index is 0.000689. The first-order valence-corrected chi connectivity index (χ1v) is 9.19. The maximum atomic E-state index is 12.7. The molecule has 0 aliphatic carbocycles. The minimum Gasteiger partial charge on any atom is -0.504 e. The number of hydrogen-bond acceptors (Lipinski definition) is 7. The molecule has 2 aromatic carbocycles. The molecule has 1 heterocycles. The Labute approximate surface area is 168 Å². The second-order valence-electron chi connectivity index (χ2n) is 5.57. The smallest absolute Gasteiger partial charge is 0.298 e. The fraction of sp³-hybridized carbons (Fsp3) is 0.111. The number of phenolic OH excluding ortho intramolecular Hbond substituents is 1. The number of anilines is 1. The molecule has 1 aliphatic heterocycles. The molecule has 1 fully saturated rings. The van der Waals surface area contributed by atoms with Crippen LogP contribution in [-0.4, -0.2) is 27.8 Å². The Kier molecular flexibility index (Phi) is 5.57. The fourth-order valence-electron chi connectivity index (χ4n) is 2.52. The molecule has 1 aliphatic rings. The lowest BCUT2D eigenvalue weighted by atomic mass is 10.1. The molecule has 0 bridgehead atoms. The third-order valence-corrected chi connectivity index (χ3v) is 4.89. The van der Waals surface area contributed by atoms with Crippen LogP contribution in [0.25, 0.3) is 6.08 Å². The Hall–Kier alpha value is -3.04. The second-order valence-corrected chi connectivity index (χ2v) is 7.00. The van der Waals surface area contributed by atoms with Gasteiger partial charge in [0.1, 0.15) is 0 Å². The number of carbonyl (C=O) groups excluding carboxylic acids is 2. The minimum atomic E-state index is -0.640. The lowest BCUT2D eigenvalue weighted by Gasteiger charge is -2.12.